The van der Waals surface area contributed by atoms with Gasteiger partial charge in [0.2, 0.25) is 0 Å². The van der Waals surface area contributed by atoms with Crippen molar-refractivity contribution in [2.45, 2.75) is 110 Å². The van der Waals surface area contributed by atoms with Gasteiger partial charge in [-0.1, -0.05) is 78.1 Å². The first-order chi connectivity index (χ1) is 17.0. The summed E-state index contributed by atoms with van der Waals surface area (Å²) >= 11 is 0. The molecule has 0 bridgehead atoms. The minimum absolute atomic E-state index is 0.0338. The van der Waals surface area contributed by atoms with Crippen LogP contribution in [0.1, 0.15) is 104 Å². The lowest BCUT2D eigenvalue weighted by molar-refractivity contribution is -0.870. The highest BCUT2D eigenvalue weighted by Crippen LogP contribution is 2.43. The number of nitrogens with zero attached hydrogens (tertiary/aromatic N) is 1. The molecule has 0 fully saturated rings. The van der Waals surface area contributed by atoms with Crippen LogP contribution in [0.3, 0.4) is 0 Å². The van der Waals surface area contributed by atoms with Gasteiger partial charge in [-0.05, 0) is 12.8 Å². The van der Waals surface area contributed by atoms with Gasteiger partial charge in [0.25, 0.3) is 0 Å². The molecule has 2 atom stereocenters. The average Bonchev–Trinajstić information content (AvgIpc) is 2.78. The molecule has 0 aromatic heterocycles. The lowest BCUT2D eigenvalue weighted by atomic mass is 10.1. The van der Waals surface area contributed by atoms with Crippen LogP contribution in [0.2, 0.25) is 0 Å². The van der Waals surface area contributed by atoms with Crippen molar-refractivity contribution in [2.75, 3.05) is 47.5 Å². The summed E-state index contributed by atoms with van der Waals surface area (Å²) in [6.07, 6.45) is 13.1. The number of carbonyl (C=O) groups excluding carboxylic acids is 2. The largest absolute Gasteiger partial charge is 0.472 e. The second-order valence-electron chi connectivity index (χ2n) is 10.4. The number of phosphoric ester groups is 1. The molecule has 214 valence electrons. The van der Waals surface area contributed by atoms with Crippen molar-refractivity contribution >= 4 is 19.8 Å². The number of ether oxygens (including phenoxy) is 2. The Morgan fingerprint density at radius 2 is 1.31 bits per heavy atom. The second-order valence-corrected chi connectivity index (χ2v) is 11.9. The monoisotopic (exact) mass is 538 g/mol. The molecule has 0 amide bonds. The summed E-state index contributed by atoms with van der Waals surface area (Å²) in [4.78, 5) is 34.0. The van der Waals surface area contributed by atoms with E-state index in [1.165, 1.54) is 51.4 Å². The van der Waals surface area contributed by atoms with Gasteiger partial charge in [0.05, 0.1) is 27.7 Å². The van der Waals surface area contributed by atoms with Crippen molar-refractivity contribution in [1.29, 1.82) is 0 Å². The first-order valence-corrected chi connectivity index (χ1v) is 15.3. The molecule has 0 aromatic rings. The number of hydrogen-bond donors (Lipinski definition) is 1. The molecular formula is C26H53NO8P+. The maximum Gasteiger partial charge on any atom is 0.472 e. The molecule has 9 nitrogen and oxygen atoms in total. The van der Waals surface area contributed by atoms with Gasteiger partial charge in [0.15, 0.2) is 6.10 Å². The fourth-order valence-corrected chi connectivity index (χ4v) is 4.14. The van der Waals surface area contributed by atoms with Crippen molar-refractivity contribution in [2.24, 2.45) is 0 Å². The van der Waals surface area contributed by atoms with Crippen molar-refractivity contribution < 1.29 is 42.1 Å². The molecule has 0 saturated carbocycles. The summed E-state index contributed by atoms with van der Waals surface area (Å²) in [5, 5.41) is 0. The summed E-state index contributed by atoms with van der Waals surface area (Å²) < 4.78 is 33.3. The van der Waals surface area contributed by atoms with Crippen molar-refractivity contribution in [3.05, 3.63) is 0 Å². The molecule has 0 aliphatic rings. The molecule has 0 radical (unpaired) electrons. The number of carbonyl (C=O) groups is 2. The number of quaternary nitrogens is 1. The molecule has 0 aliphatic heterocycles. The highest BCUT2D eigenvalue weighted by atomic mass is 31.2. The van der Waals surface area contributed by atoms with Crippen LogP contribution >= 0.6 is 7.82 Å². The Morgan fingerprint density at radius 3 is 1.83 bits per heavy atom. The fourth-order valence-electron chi connectivity index (χ4n) is 3.40. The third-order valence-corrected chi connectivity index (χ3v) is 6.59. The number of unbranched alkanes of at least 4 members (excludes halogenated alkanes) is 10. The zero-order valence-electron chi connectivity index (χ0n) is 23.5. The third kappa shape index (κ3) is 23.4. The Morgan fingerprint density at radius 1 is 0.750 bits per heavy atom. The van der Waals surface area contributed by atoms with E-state index in [1.807, 2.05) is 28.1 Å². The van der Waals surface area contributed by atoms with E-state index in [0.29, 0.717) is 23.9 Å². The van der Waals surface area contributed by atoms with E-state index in [2.05, 4.69) is 6.92 Å². The van der Waals surface area contributed by atoms with Crippen LogP contribution in [0.15, 0.2) is 0 Å². The topological polar surface area (TPSA) is 108 Å². The molecule has 1 N–H and O–H groups in total. The molecule has 0 aliphatic carbocycles. The maximum absolute atomic E-state index is 12.3. The van der Waals surface area contributed by atoms with Gasteiger partial charge in [0, 0.05) is 12.8 Å². The molecule has 0 spiro atoms. The van der Waals surface area contributed by atoms with E-state index in [9.17, 15) is 19.0 Å². The average molecular weight is 539 g/mol. The summed E-state index contributed by atoms with van der Waals surface area (Å²) in [6, 6.07) is 0. The smallest absolute Gasteiger partial charge is 0.462 e. The molecule has 0 aromatic carbocycles. The van der Waals surface area contributed by atoms with Crippen LogP contribution in [0.5, 0.6) is 0 Å². The minimum Gasteiger partial charge on any atom is -0.462 e. The molecule has 0 rings (SSSR count). The zero-order chi connectivity index (χ0) is 27.3. The van der Waals surface area contributed by atoms with Gasteiger partial charge >= 0.3 is 19.8 Å². The minimum atomic E-state index is -4.33. The first kappa shape index (κ1) is 35.0. The maximum atomic E-state index is 12.3. The van der Waals surface area contributed by atoms with Crippen LogP contribution in [0.4, 0.5) is 0 Å². The van der Waals surface area contributed by atoms with Crippen LogP contribution in [0.25, 0.3) is 0 Å². The van der Waals surface area contributed by atoms with Gasteiger partial charge in [-0.25, -0.2) is 4.57 Å². The Hall–Kier alpha value is -0.990. The Labute approximate surface area is 219 Å². The van der Waals surface area contributed by atoms with E-state index < -0.39 is 32.5 Å². The number of esters is 2. The zero-order valence-corrected chi connectivity index (χ0v) is 24.4. The van der Waals surface area contributed by atoms with E-state index >= 15 is 0 Å². The molecule has 36 heavy (non-hydrogen) atoms. The lowest BCUT2D eigenvalue weighted by Crippen LogP contribution is -2.37. The SMILES string of the molecule is CCCCCCCCCCCCCC(=O)O[C@@H](COC(=O)CCC)COP(=O)(O)OCC[N+](C)(C)C. The second kappa shape index (κ2) is 21.0. The van der Waals surface area contributed by atoms with Crippen molar-refractivity contribution in [1.82, 2.24) is 0 Å². The summed E-state index contributed by atoms with van der Waals surface area (Å²) in [5.41, 5.74) is 0. The van der Waals surface area contributed by atoms with E-state index in [4.69, 9.17) is 18.5 Å². The van der Waals surface area contributed by atoms with Crippen molar-refractivity contribution in [3.8, 4) is 0 Å². The predicted molar refractivity (Wildman–Crippen MR) is 141 cm³/mol. The van der Waals surface area contributed by atoms with Crippen LogP contribution in [0, 0.1) is 0 Å². The lowest BCUT2D eigenvalue weighted by Gasteiger charge is -2.24. The summed E-state index contributed by atoms with van der Waals surface area (Å²) in [6.45, 7) is 3.99. The molecular weight excluding hydrogens is 485 g/mol. The Bertz CT molecular complexity index is 624. The van der Waals surface area contributed by atoms with Crippen molar-refractivity contribution in [3.63, 3.8) is 0 Å². The highest BCUT2D eigenvalue weighted by Gasteiger charge is 2.26. The molecule has 0 saturated heterocycles. The standard InChI is InChI=1S/C26H52NO8P/c1-6-8-9-10-11-12-13-14-15-16-17-19-26(29)35-24(22-32-25(28)18-7-2)23-34-36(30,31)33-21-20-27(3,4)5/h24H,6-23H2,1-5H3/p+1/t24-/m0/s1. The van der Waals surface area contributed by atoms with Crippen LogP contribution in [-0.2, 0) is 32.7 Å². The van der Waals surface area contributed by atoms with Gasteiger partial charge in [-0.15, -0.1) is 0 Å². The van der Waals surface area contributed by atoms with Gasteiger partial charge in [0.1, 0.15) is 19.8 Å². The van der Waals surface area contributed by atoms with E-state index in [0.717, 1.165) is 12.8 Å². The number of hydrogen-bond acceptors (Lipinski definition) is 7. The fraction of sp³-hybridized carbons (Fsp3) is 0.923. The summed E-state index contributed by atoms with van der Waals surface area (Å²) in [7, 11) is 1.47. The van der Waals surface area contributed by atoms with Gasteiger partial charge in [-0.3, -0.25) is 18.6 Å². The van der Waals surface area contributed by atoms with Crippen LogP contribution < -0.4 is 0 Å². The van der Waals surface area contributed by atoms with Gasteiger partial charge in [-0.2, -0.15) is 0 Å². The normalized spacial score (nSPS) is 14.3. The summed E-state index contributed by atoms with van der Waals surface area (Å²) in [5.74, 6) is -0.861. The third-order valence-electron chi connectivity index (χ3n) is 5.61. The van der Waals surface area contributed by atoms with E-state index in [1.54, 1.807) is 0 Å². The van der Waals surface area contributed by atoms with E-state index in [-0.39, 0.29) is 26.1 Å². The number of rotatable bonds is 24. The highest BCUT2D eigenvalue weighted by molar-refractivity contribution is 7.47. The number of phosphoric acid groups is 1. The van der Waals surface area contributed by atoms with Crippen LogP contribution in [-0.4, -0.2) is 74.9 Å². The number of likely N-dealkylation sites (N-methyl/N-ethyl adjacent to an activating group) is 1. The Balaban J connectivity index is 4.33. The molecule has 10 heteroatoms. The molecule has 1 unspecified atom stereocenters. The Kier molecular flexibility index (Phi) is 20.4. The molecule has 0 heterocycles. The van der Waals surface area contributed by atoms with Gasteiger partial charge < -0.3 is 18.9 Å². The quantitative estimate of drug-likeness (QED) is 0.0713. The predicted octanol–water partition coefficient (Wildman–Crippen LogP) is 5.78. The first-order valence-electron chi connectivity index (χ1n) is 13.8.